The first-order chi connectivity index (χ1) is 22.8. The van der Waals surface area contributed by atoms with E-state index in [0.717, 1.165) is 109 Å². The van der Waals surface area contributed by atoms with Gasteiger partial charge in [-0.25, -0.2) is 0 Å². The maximum atomic E-state index is 14.5. The maximum Gasteiger partial charge on any atom is 0.259 e. The zero-order valence-electron chi connectivity index (χ0n) is 27.9. The molecule has 2 unspecified atom stereocenters. The van der Waals surface area contributed by atoms with Gasteiger partial charge >= 0.3 is 0 Å². The predicted molar refractivity (Wildman–Crippen MR) is 203 cm³/mol. The van der Waals surface area contributed by atoms with E-state index in [1.54, 1.807) is 0 Å². The lowest BCUT2D eigenvalue weighted by molar-refractivity contribution is -0.114. The molecule has 0 aromatic heterocycles. The maximum absolute atomic E-state index is 14.5. The van der Waals surface area contributed by atoms with Gasteiger partial charge in [-0.2, -0.15) is 0 Å². The molecular formula is C41H44Br2N2O2. The average Bonchev–Trinajstić information content (AvgIpc) is 3.52. The number of carbonyl (C=O) groups excluding carboxylic acids is 2. The Hall–Kier alpha value is -3.22. The summed E-state index contributed by atoms with van der Waals surface area (Å²) in [6.07, 6.45) is 7.78. The molecule has 2 amide bonds. The molecule has 0 N–H and O–H groups in total. The van der Waals surface area contributed by atoms with Crippen LogP contribution in [0, 0.1) is 11.8 Å². The molecule has 0 radical (unpaired) electrons. The summed E-state index contributed by atoms with van der Waals surface area (Å²) in [5.41, 5.74) is 5.30. The van der Waals surface area contributed by atoms with Crippen LogP contribution in [0.3, 0.4) is 0 Å². The van der Waals surface area contributed by atoms with E-state index in [-0.39, 0.29) is 11.8 Å². The van der Waals surface area contributed by atoms with Crippen molar-refractivity contribution in [3.63, 3.8) is 0 Å². The third-order valence-electron chi connectivity index (χ3n) is 9.94. The van der Waals surface area contributed by atoms with Gasteiger partial charge in [0.15, 0.2) is 0 Å². The fourth-order valence-corrected chi connectivity index (χ4v) is 7.86. The van der Waals surface area contributed by atoms with Gasteiger partial charge in [0.25, 0.3) is 11.8 Å². The fraction of sp³-hybridized carbons (Fsp3) is 0.366. The number of anilines is 2. The molecule has 0 bridgehead atoms. The third-order valence-corrected chi connectivity index (χ3v) is 11.0. The number of rotatable bonds is 13. The number of halogens is 2. The molecular weight excluding hydrogens is 712 g/mol. The average molecular weight is 757 g/mol. The van der Waals surface area contributed by atoms with Gasteiger partial charge in [-0.3, -0.25) is 9.59 Å². The highest BCUT2D eigenvalue weighted by Crippen LogP contribution is 2.39. The molecule has 244 valence electrons. The van der Waals surface area contributed by atoms with Gasteiger partial charge in [0.2, 0.25) is 0 Å². The molecule has 4 aromatic rings. The summed E-state index contributed by atoms with van der Waals surface area (Å²) in [5, 5.41) is 4.00. The van der Waals surface area contributed by atoms with E-state index in [9.17, 15) is 9.59 Å². The molecule has 4 nitrogen and oxygen atoms in total. The van der Waals surface area contributed by atoms with Crippen LogP contribution in [-0.4, -0.2) is 24.9 Å². The lowest BCUT2D eigenvalue weighted by Crippen LogP contribution is -2.34. The van der Waals surface area contributed by atoms with Crippen molar-refractivity contribution < 1.29 is 9.59 Å². The lowest BCUT2D eigenvalue weighted by Gasteiger charge is -2.27. The van der Waals surface area contributed by atoms with Crippen LogP contribution in [-0.2, 0) is 9.59 Å². The molecule has 4 aromatic carbocycles. The minimum Gasteiger partial charge on any atom is -0.307 e. The highest BCUT2D eigenvalue weighted by Gasteiger charge is 2.36. The highest BCUT2D eigenvalue weighted by atomic mass is 79.9. The minimum atomic E-state index is 0.0549. The second kappa shape index (κ2) is 14.5. The molecule has 6 rings (SSSR count). The summed E-state index contributed by atoms with van der Waals surface area (Å²) in [6.45, 7) is 10.3. The Kier molecular flexibility index (Phi) is 10.4. The minimum absolute atomic E-state index is 0.0549. The standard InChI is InChI=1S/C41H44Br2N2O2/c1-5-8-10-26(4)24-44-38-32-20-23-35-37(29-14-18-31(43)19-15-29)41(47)45(25-27(7-3)11-9-6-2)39(35)33(32)21-22-34(38)36(40(44)46)28-12-16-30(42)17-13-28/h12-23,26-27H,5-11,24-25H2,1-4H3. The SMILES string of the molecule is CCCCC(C)CN1C(=O)C(c2ccc(Br)cc2)=c2ccc3c4c(ccc3c21)=C(c1ccc(Br)cc1)C(=O)N4CC(CC)CCCC. The predicted octanol–water partition coefficient (Wildman–Crippen LogP) is 9.50. The molecule has 6 heteroatoms. The molecule has 0 spiro atoms. The Morgan fingerprint density at radius 1 is 0.596 bits per heavy atom. The van der Waals surface area contributed by atoms with Gasteiger partial charge in [0.1, 0.15) is 0 Å². The Morgan fingerprint density at radius 2 is 1.04 bits per heavy atom. The van der Waals surface area contributed by atoms with Crippen molar-refractivity contribution >= 4 is 77.0 Å². The van der Waals surface area contributed by atoms with Gasteiger partial charge in [-0.1, -0.05) is 140 Å². The number of hydrogen-bond donors (Lipinski definition) is 0. The number of hydrogen-bond acceptors (Lipinski definition) is 2. The van der Waals surface area contributed by atoms with E-state index >= 15 is 0 Å². The first kappa shape index (κ1) is 33.7. The van der Waals surface area contributed by atoms with Crippen molar-refractivity contribution in [2.45, 2.75) is 72.6 Å². The first-order valence-corrected chi connectivity index (χ1v) is 18.9. The normalized spacial score (nSPS) is 15.5. The Balaban J connectivity index is 1.60. The first-order valence-electron chi connectivity index (χ1n) is 17.3. The summed E-state index contributed by atoms with van der Waals surface area (Å²) in [6, 6.07) is 24.7. The zero-order valence-corrected chi connectivity index (χ0v) is 31.1. The lowest BCUT2D eigenvalue weighted by atomic mass is 9.97. The van der Waals surface area contributed by atoms with Gasteiger partial charge in [-0.05, 0) is 60.1 Å². The number of carbonyl (C=O) groups is 2. The Morgan fingerprint density at radius 3 is 1.49 bits per heavy atom. The summed E-state index contributed by atoms with van der Waals surface area (Å²) in [7, 11) is 0. The number of benzene rings is 4. The van der Waals surface area contributed by atoms with E-state index in [4.69, 9.17) is 0 Å². The van der Waals surface area contributed by atoms with Crippen molar-refractivity contribution in [1.82, 2.24) is 0 Å². The molecule has 2 aliphatic heterocycles. The van der Waals surface area contributed by atoms with E-state index in [0.29, 0.717) is 24.9 Å². The number of unbranched alkanes of at least 4 members (excludes halogenated alkanes) is 2. The third kappa shape index (κ3) is 6.48. The quantitative estimate of drug-likeness (QED) is 0.137. The summed E-state index contributed by atoms with van der Waals surface area (Å²) in [5.74, 6) is 0.892. The van der Waals surface area contributed by atoms with Crippen LogP contribution in [0.15, 0.2) is 81.7 Å². The number of fused-ring (bicyclic) bond motifs is 5. The fourth-order valence-electron chi connectivity index (χ4n) is 7.33. The van der Waals surface area contributed by atoms with Crippen molar-refractivity contribution in [2.75, 3.05) is 22.9 Å². The molecule has 2 atom stereocenters. The Bertz CT molecular complexity index is 1930. The van der Waals surface area contributed by atoms with Crippen molar-refractivity contribution in [2.24, 2.45) is 11.8 Å². The smallest absolute Gasteiger partial charge is 0.259 e. The molecule has 2 aliphatic rings. The second-order valence-corrected chi connectivity index (χ2v) is 15.1. The Labute approximate surface area is 295 Å². The van der Waals surface area contributed by atoms with E-state index in [1.165, 1.54) is 0 Å². The number of amides is 2. The van der Waals surface area contributed by atoms with Crippen LogP contribution in [0.1, 0.15) is 83.8 Å². The van der Waals surface area contributed by atoms with Crippen LogP contribution in [0.25, 0.3) is 21.9 Å². The van der Waals surface area contributed by atoms with Gasteiger partial charge in [0.05, 0.1) is 22.5 Å². The van der Waals surface area contributed by atoms with Crippen LogP contribution >= 0.6 is 31.9 Å². The van der Waals surface area contributed by atoms with Crippen molar-refractivity contribution in [3.8, 4) is 0 Å². The summed E-state index contributed by atoms with van der Waals surface area (Å²) >= 11 is 7.13. The molecule has 47 heavy (non-hydrogen) atoms. The summed E-state index contributed by atoms with van der Waals surface area (Å²) < 4.78 is 1.97. The van der Waals surface area contributed by atoms with Crippen LogP contribution in [0.5, 0.6) is 0 Å². The molecule has 2 heterocycles. The van der Waals surface area contributed by atoms with E-state index in [2.05, 4.69) is 88.7 Å². The largest absolute Gasteiger partial charge is 0.307 e. The molecule has 0 aliphatic carbocycles. The van der Waals surface area contributed by atoms with Gasteiger partial charge in [0, 0.05) is 43.2 Å². The van der Waals surface area contributed by atoms with Crippen molar-refractivity contribution in [3.05, 3.63) is 103 Å². The number of nitrogens with zero attached hydrogens (tertiary/aromatic N) is 2. The van der Waals surface area contributed by atoms with Gasteiger partial charge in [-0.15, -0.1) is 0 Å². The monoisotopic (exact) mass is 754 g/mol. The van der Waals surface area contributed by atoms with E-state index < -0.39 is 0 Å². The molecule has 0 saturated carbocycles. The topological polar surface area (TPSA) is 40.6 Å². The van der Waals surface area contributed by atoms with Crippen LogP contribution in [0.4, 0.5) is 11.4 Å². The van der Waals surface area contributed by atoms with Crippen LogP contribution in [0.2, 0.25) is 0 Å². The highest BCUT2D eigenvalue weighted by molar-refractivity contribution is 9.10. The second-order valence-electron chi connectivity index (χ2n) is 13.3. The molecule has 0 fully saturated rings. The zero-order chi connectivity index (χ0) is 33.2. The summed E-state index contributed by atoms with van der Waals surface area (Å²) in [4.78, 5) is 33.0. The van der Waals surface area contributed by atoms with Crippen LogP contribution < -0.4 is 20.2 Å². The molecule has 0 saturated heterocycles. The van der Waals surface area contributed by atoms with E-state index in [1.807, 2.05) is 53.4 Å². The van der Waals surface area contributed by atoms with Crippen molar-refractivity contribution in [1.29, 1.82) is 0 Å². The van der Waals surface area contributed by atoms with Gasteiger partial charge < -0.3 is 9.80 Å².